The molecule has 0 spiro atoms. The second-order valence-electron chi connectivity index (χ2n) is 3.76. The Hall–Kier alpha value is -0.770. The topological polar surface area (TPSA) is 50.9 Å². The quantitative estimate of drug-likeness (QED) is 0.870. The van der Waals surface area contributed by atoms with Crippen molar-refractivity contribution in [3.05, 3.63) is 16.7 Å². The number of anilines is 2. The minimum absolute atomic E-state index is 0.685. The van der Waals surface area contributed by atoms with Crippen LogP contribution in [0.1, 0.15) is 19.3 Å². The van der Waals surface area contributed by atoms with E-state index >= 15 is 0 Å². The average molecular weight is 256 g/mol. The number of rotatable bonds is 4. The zero-order chi connectivity index (χ0) is 9.97. The largest absolute Gasteiger partial charge is 0.397 e. The molecular formula is C10H14BrN3. The maximum atomic E-state index is 5.59. The maximum absolute atomic E-state index is 5.59. The van der Waals surface area contributed by atoms with Gasteiger partial charge in [0, 0.05) is 6.54 Å². The third kappa shape index (κ3) is 2.61. The fourth-order valence-corrected chi connectivity index (χ4v) is 1.89. The lowest BCUT2D eigenvalue weighted by molar-refractivity contribution is 0.758. The molecule has 1 saturated carbocycles. The first-order chi connectivity index (χ1) is 6.75. The Morgan fingerprint density at radius 3 is 3.00 bits per heavy atom. The van der Waals surface area contributed by atoms with Gasteiger partial charge in [0.05, 0.1) is 16.4 Å². The van der Waals surface area contributed by atoms with Crippen molar-refractivity contribution in [1.29, 1.82) is 0 Å². The van der Waals surface area contributed by atoms with Crippen LogP contribution < -0.4 is 11.1 Å². The van der Waals surface area contributed by atoms with Crippen LogP contribution in [0.4, 0.5) is 11.5 Å². The van der Waals surface area contributed by atoms with Gasteiger partial charge in [-0.1, -0.05) is 12.8 Å². The van der Waals surface area contributed by atoms with Crippen molar-refractivity contribution in [2.75, 3.05) is 17.6 Å². The summed E-state index contributed by atoms with van der Waals surface area (Å²) in [6.07, 6.45) is 5.72. The van der Waals surface area contributed by atoms with Crippen molar-refractivity contribution in [3.63, 3.8) is 0 Å². The molecule has 3 nitrogen and oxygen atoms in total. The third-order valence-electron chi connectivity index (χ3n) is 2.40. The molecule has 0 atom stereocenters. The van der Waals surface area contributed by atoms with Crippen molar-refractivity contribution in [2.45, 2.75) is 19.3 Å². The molecule has 14 heavy (non-hydrogen) atoms. The first kappa shape index (κ1) is 9.77. The number of nitrogens with two attached hydrogens (primary N) is 1. The molecule has 4 heteroatoms. The van der Waals surface area contributed by atoms with Gasteiger partial charge in [0.1, 0.15) is 5.82 Å². The lowest BCUT2D eigenvalue weighted by atomic mass is 10.3. The van der Waals surface area contributed by atoms with Crippen LogP contribution in [0.3, 0.4) is 0 Å². The van der Waals surface area contributed by atoms with Gasteiger partial charge in [-0.25, -0.2) is 4.98 Å². The zero-order valence-corrected chi connectivity index (χ0v) is 9.55. The van der Waals surface area contributed by atoms with E-state index in [1.54, 1.807) is 6.20 Å². The molecule has 0 amide bonds. The predicted octanol–water partition coefficient (Wildman–Crippen LogP) is 2.64. The van der Waals surface area contributed by atoms with Crippen LogP contribution in [0, 0.1) is 5.92 Å². The summed E-state index contributed by atoms with van der Waals surface area (Å²) in [7, 11) is 0. The number of aromatic nitrogens is 1. The van der Waals surface area contributed by atoms with E-state index < -0.39 is 0 Å². The molecule has 2 rings (SSSR count). The molecule has 0 aliphatic heterocycles. The summed E-state index contributed by atoms with van der Waals surface area (Å²) in [6.45, 7) is 1.00. The highest BCUT2D eigenvalue weighted by atomic mass is 79.9. The summed E-state index contributed by atoms with van der Waals surface area (Å²) in [4.78, 5) is 4.21. The van der Waals surface area contributed by atoms with E-state index in [9.17, 15) is 0 Å². The lowest BCUT2D eigenvalue weighted by Crippen LogP contribution is -2.05. The van der Waals surface area contributed by atoms with Crippen molar-refractivity contribution in [3.8, 4) is 0 Å². The molecule has 1 aliphatic carbocycles. The molecule has 76 valence electrons. The van der Waals surface area contributed by atoms with E-state index in [2.05, 4.69) is 26.2 Å². The van der Waals surface area contributed by atoms with Crippen LogP contribution in [0.25, 0.3) is 0 Å². The minimum Gasteiger partial charge on any atom is -0.397 e. The normalized spacial score (nSPS) is 15.5. The number of hydrogen-bond donors (Lipinski definition) is 2. The number of pyridine rings is 1. The van der Waals surface area contributed by atoms with E-state index in [1.807, 2.05) is 6.07 Å². The highest BCUT2D eigenvalue weighted by molar-refractivity contribution is 9.10. The Labute approximate surface area is 92.2 Å². The van der Waals surface area contributed by atoms with Gasteiger partial charge in [-0.05, 0) is 34.3 Å². The Bertz CT molecular complexity index is 323. The number of halogens is 1. The van der Waals surface area contributed by atoms with Crippen molar-refractivity contribution in [1.82, 2.24) is 4.98 Å². The first-order valence-corrected chi connectivity index (χ1v) is 5.70. The van der Waals surface area contributed by atoms with Crippen LogP contribution >= 0.6 is 15.9 Å². The maximum Gasteiger partial charge on any atom is 0.140 e. The zero-order valence-electron chi connectivity index (χ0n) is 7.96. The van der Waals surface area contributed by atoms with Crippen molar-refractivity contribution < 1.29 is 0 Å². The van der Waals surface area contributed by atoms with Gasteiger partial charge in [-0.15, -0.1) is 0 Å². The number of nitrogens with zero attached hydrogens (tertiary/aromatic N) is 1. The fraction of sp³-hybridized carbons (Fsp3) is 0.500. The minimum atomic E-state index is 0.685. The molecule has 0 unspecified atom stereocenters. The van der Waals surface area contributed by atoms with Gasteiger partial charge in [-0.2, -0.15) is 0 Å². The van der Waals surface area contributed by atoms with Crippen molar-refractivity contribution >= 4 is 27.4 Å². The highest BCUT2D eigenvalue weighted by Crippen LogP contribution is 2.32. The Balaban J connectivity index is 1.87. The molecule has 1 heterocycles. The third-order valence-corrected chi connectivity index (χ3v) is 3.01. The molecule has 0 bridgehead atoms. The van der Waals surface area contributed by atoms with Crippen LogP contribution in [0.15, 0.2) is 16.7 Å². The van der Waals surface area contributed by atoms with Crippen LogP contribution in [-0.4, -0.2) is 11.5 Å². The van der Waals surface area contributed by atoms with Crippen molar-refractivity contribution in [2.24, 2.45) is 5.92 Å². The Morgan fingerprint density at radius 2 is 2.36 bits per heavy atom. The van der Waals surface area contributed by atoms with Gasteiger partial charge in [0.15, 0.2) is 0 Å². The summed E-state index contributed by atoms with van der Waals surface area (Å²) in [5, 5.41) is 3.30. The summed E-state index contributed by atoms with van der Waals surface area (Å²) < 4.78 is 0.938. The molecule has 1 aromatic rings. The second kappa shape index (κ2) is 4.17. The molecule has 3 N–H and O–H groups in total. The van der Waals surface area contributed by atoms with Gasteiger partial charge in [0.2, 0.25) is 0 Å². The molecule has 1 fully saturated rings. The molecule has 1 aromatic heterocycles. The van der Waals surface area contributed by atoms with Crippen LogP contribution in [-0.2, 0) is 0 Å². The smallest absolute Gasteiger partial charge is 0.140 e. The number of nitrogens with one attached hydrogen (secondary N) is 1. The monoisotopic (exact) mass is 255 g/mol. The molecule has 1 aliphatic rings. The molecule has 0 aromatic carbocycles. The first-order valence-electron chi connectivity index (χ1n) is 4.90. The summed E-state index contributed by atoms with van der Waals surface area (Å²) in [5.41, 5.74) is 6.28. The SMILES string of the molecule is Nc1cnc(NCCC2CC2)c(Br)c1. The van der Waals surface area contributed by atoms with E-state index in [4.69, 9.17) is 5.73 Å². The summed E-state index contributed by atoms with van der Waals surface area (Å²) in [6, 6.07) is 1.87. The fourth-order valence-electron chi connectivity index (χ4n) is 1.38. The summed E-state index contributed by atoms with van der Waals surface area (Å²) in [5.74, 6) is 1.84. The molecular weight excluding hydrogens is 242 g/mol. The van der Waals surface area contributed by atoms with Crippen LogP contribution in [0.2, 0.25) is 0 Å². The van der Waals surface area contributed by atoms with Gasteiger partial charge in [0.25, 0.3) is 0 Å². The van der Waals surface area contributed by atoms with E-state index in [1.165, 1.54) is 19.3 Å². The van der Waals surface area contributed by atoms with E-state index in [-0.39, 0.29) is 0 Å². The number of nitrogen functional groups attached to an aromatic ring is 1. The second-order valence-corrected chi connectivity index (χ2v) is 4.61. The molecule has 0 saturated heterocycles. The van der Waals surface area contributed by atoms with E-state index in [0.717, 1.165) is 22.8 Å². The Morgan fingerprint density at radius 1 is 1.57 bits per heavy atom. The van der Waals surface area contributed by atoms with Gasteiger partial charge < -0.3 is 11.1 Å². The standard InChI is InChI=1S/C10H14BrN3/c11-9-5-8(12)6-14-10(9)13-4-3-7-1-2-7/h5-7H,1-4,12H2,(H,13,14). The van der Waals surface area contributed by atoms with Crippen LogP contribution in [0.5, 0.6) is 0 Å². The summed E-state index contributed by atoms with van der Waals surface area (Å²) >= 11 is 3.42. The van der Waals surface area contributed by atoms with E-state index in [0.29, 0.717) is 5.69 Å². The Kier molecular flexibility index (Phi) is 2.91. The predicted molar refractivity (Wildman–Crippen MR) is 62.2 cm³/mol. The molecule has 0 radical (unpaired) electrons. The van der Waals surface area contributed by atoms with Gasteiger partial charge >= 0.3 is 0 Å². The lowest BCUT2D eigenvalue weighted by Gasteiger charge is -2.07. The highest BCUT2D eigenvalue weighted by Gasteiger charge is 2.20. The number of hydrogen-bond acceptors (Lipinski definition) is 3. The average Bonchev–Trinajstić information content (AvgIpc) is 2.92. The van der Waals surface area contributed by atoms with Gasteiger partial charge in [-0.3, -0.25) is 0 Å².